The molecule has 0 aliphatic heterocycles. The molecule has 7 heteroatoms. The number of ether oxygens (including phenoxy) is 1. The van der Waals surface area contributed by atoms with Gasteiger partial charge in [-0.05, 0) is 37.3 Å². The lowest BCUT2D eigenvalue weighted by Crippen LogP contribution is -2.23. The Morgan fingerprint density at radius 2 is 2.00 bits per heavy atom. The average Bonchev–Trinajstić information content (AvgIpc) is 2.62. The lowest BCUT2D eigenvalue weighted by molar-refractivity contribution is 0.102. The van der Waals surface area contributed by atoms with Crippen LogP contribution in [0.1, 0.15) is 17.3 Å². The summed E-state index contributed by atoms with van der Waals surface area (Å²) in [4.78, 5) is 25.5. The summed E-state index contributed by atoms with van der Waals surface area (Å²) in [6, 6.07) is 10.1. The first kappa shape index (κ1) is 18.3. The van der Waals surface area contributed by atoms with Gasteiger partial charge in [0.1, 0.15) is 11.3 Å². The third kappa shape index (κ3) is 3.41. The number of nitrogens with one attached hydrogen (secondary N) is 1. The number of fused-ring (bicyclic) bond motifs is 1. The largest absolute Gasteiger partial charge is 0.494 e. The number of pyridine rings is 1. The summed E-state index contributed by atoms with van der Waals surface area (Å²) >= 11 is 12.1. The number of rotatable bonds is 4. The molecule has 0 fully saturated rings. The zero-order valence-electron chi connectivity index (χ0n) is 14.2. The SMILES string of the molecule is CCOc1ccc2c(c1)c(=O)c(C(=O)Nc1cccc(Cl)c1Cl)cn2C. The molecule has 5 nitrogen and oxygen atoms in total. The Morgan fingerprint density at radius 1 is 1.23 bits per heavy atom. The fourth-order valence-electron chi connectivity index (χ4n) is 2.68. The van der Waals surface area contributed by atoms with Gasteiger partial charge in [0.25, 0.3) is 5.91 Å². The molecule has 3 aromatic rings. The van der Waals surface area contributed by atoms with Gasteiger partial charge in [-0.15, -0.1) is 0 Å². The number of aromatic nitrogens is 1. The Bertz CT molecular complexity index is 1060. The second-order valence-corrected chi connectivity index (χ2v) is 6.44. The lowest BCUT2D eigenvalue weighted by Gasteiger charge is -2.12. The third-order valence-electron chi connectivity index (χ3n) is 3.92. The van der Waals surface area contributed by atoms with Crippen molar-refractivity contribution in [2.24, 2.45) is 7.05 Å². The molecule has 26 heavy (non-hydrogen) atoms. The fraction of sp³-hybridized carbons (Fsp3) is 0.158. The van der Waals surface area contributed by atoms with Gasteiger partial charge in [-0.3, -0.25) is 9.59 Å². The molecule has 0 aliphatic carbocycles. The highest BCUT2D eigenvalue weighted by molar-refractivity contribution is 6.44. The number of anilines is 1. The molecular formula is C19H16Cl2N2O3. The second-order valence-electron chi connectivity index (χ2n) is 5.65. The van der Waals surface area contributed by atoms with Crippen LogP contribution in [0, 0.1) is 0 Å². The van der Waals surface area contributed by atoms with Crippen molar-refractivity contribution >= 4 is 45.7 Å². The Kier molecular flexibility index (Phi) is 5.20. The van der Waals surface area contributed by atoms with Crippen LogP contribution in [0.25, 0.3) is 10.9 Å². The van der Waals surface area contributed by atoms with E-state index in [-0.39, 0.29) is 16.0 Å². The number of carbonyl (C=O) groups excluding carboxylic acids is 1. The summed E-state index contributed by atoms with van der Waals surface area (Å²) in [5, 5.41) is 3.58. The summed E-state index contributed by atoms with van der Waals surface area (Å²) in [6.07, 6.45) is 1.50. The van der Waals surface area contributed by atoms with E-state index in [4.69, 9.17) is 27.9 Å². The van der Waals surface area contributed by atoms with Crippen LogP contribution in [0.2, 0.25) is 10.0 Å². The van der Waals surface area contributed by atoms with Gasteiger partial charge < -0.3 is 14.6 Å². The van der Waals surface area contributed by atoms with E-state index in [1.54, 1.807) is 48.0 Å². The van der Waals surface area contributed by atoms with Gasteiger partial charge in [-0.1, -0.05) is 29.3 Å². The number of aryl methyl sites for hydroxylation is 1. The lowest BCUT2D eigenvalue weighted by atomic mass is 10.1. The van der Waals surface area contributed by atoms with E-state index in [1.165, 1.54) is 6.20 Å². The molecule has 1 amide bonds. The number of hydrogen-bond acceptors (Lipinski definition) is 3. The Hall–Kier alpha value is -2.50. The quantitative estimate of drug-likeness (QED) is 0.713. The highest BCUT2D eigenvalue weighted by Crippen LogP contribution is 2.29. The van der Waals surface area contributed by atoms with Crippen molar-refractivity contribution in [3.8, 4) is 5.75 Å². The van der Waals surface area contributed by atoms with E-state index < -0.39 is 5.91 Å². The van der Waals surface area contributed by atoms with Crippen LogP contribution in [-0.2, 0) is 7.05 Å². The van der Waals surface area contributed by atoms with Gasteiger partial charge in [-0.25, -0.2) is 0 Å². The van der Waals surface area contributed by atoms with Crippen molar-refractivity contribution in [2.45, 2.75) is 6.92 Å². The van der Waals surface area contributed by atoms with Crippen molar-refractivity contribution in [3.05, 3.63) is 68.4 Å². The molecule has 0 saturated carbocycles. The molecule has 0 unspecified atom stereocenters. The Morgan fingerprint density at radius 3 is 2.73 bits per heavy atom. The minimum absolute atomic E-state index is 0.00434. The molecule has 3 rings (SSSR count). The van der Waals surface area contributed by atoms with Crippen molar-refractivity contribution in [1.82, 2.24) is 4.57 Å². The summed E-state index contributed by atoms with van der Waals surface area (Å²) < 4.78 is 7.18. The predicted octanol–water partition coefficient (Wildman–Crippen LogP) is 4.50. The summed E-state index contributed by atoms with van der Waals surface area (Å²) in [7, 11) is 1.77. The molecule has 0 spiro atoms. The van der Waals surface area contributed by atoms with Crippen LogP contribution in [0.3, 0.4) is 0 Å². The van der Waals surface area contributed by atoms with Crippen LogP contribution < -0.4 is 15.5 Å². The van der Waals surface area contributed by atoms with Gasteiger partial charge in [-0.2, -0.15) is 0 Å². The zero-order valence-corrected chi connectivity index (χ0v) is 15.7. The molecule has 0 saturated heterocycles. The Labute approximate surface area is 160 Å². The highest BCUT2D eigenvalue weighted by atomic mass is 35.5. The number of benzene rings is 2. The van der Waals surface area contributed by atoms with Gasteiger partial charge in [0, 0.05) is 13.2 Å². The monoisotopic (exact) mass is 390 g/mol. The van der Waals surface area contributed by atoms with Gasteiger partial charge in [0.15, 0.2) is 0 Å². The van der Waals surface area contributed by atoms with Crippen LogP contribution in [0.5, 0.6) is 5.75 Å². The first-order valence-corrected chi connectivity index (χ1v) is 8.69. The fourth-order valence-corrected chi connectivity index (χ4v) is 3.03. The van der Waals surface area contributed by atoms with Gasteiger partial charge in [0.2, 0.25) is 5.43 Å². The van der Waals surface area contributed by atoms with E-state index in [9.17, 15) is 9.59 Å². The van der Waals surface area contributed by atoms with Crippen molar-refractivity contribution < 1.29 is 9.53 Å². The van der Waals surface area contributed by atoms with Crippen molar-refractivity contribution in [1.29, 1.82) is 0 Å². The third-order valence-corrected chi connectivity index (χ3v) is 4.73. The van der Waals surface area contributed by atoms with Crippen molar-refractivity contribution in [3.63, 3.8) is 0 Å². The maximum atomic E-state index is 12.8. The van der Waals surface area contributed by atoms with Crippen LogP contribution in [0.4, 0.5) is 5.69 Å². The van der Waals surface area contributed by atoms with E-state index in [0.717, 1.165) is 0 Å². The van der Waals surface area contributed by atoms with E-state index in [2.05, 4.69) is 5.32 Å². The minimum Gasteiger partial charge on any atom is -0.494 e. The number of halogens is 2. The maximum Gasteiger partial charge on any atom is 0.261 e. The summed E-state index contributed by atoms with van der Waals surface area (Å²) in [5.41, 5.74) is 0.671. The zero-order chi connectivity index (χ0) is 18.8. The molecule has 2 aromatic carbocycles. The number of amides is 1. The Balaban J connectivity index is 2.06. The predicted molar refractivity (Wildman–Crippen MR) is 105 cm³/mol. The molecule has 1 aromatic heterocycles. The second kappa shape index (κ2) is 7.40. The smallest absolute Gasteiger partial charge is 0.261 e. The van der Waals surface area contributed by atoms with Crippen molar-refractivity contribution in [2.75, 3.05) is 11.9 Å². The first-order valence-electron chi connectivity index (χ1n) is 7.94. The van der Waals surface area contributed by atoms with E-state index >= 15 is 0 Å². The maximum absolute atomic E-state index is 12.8. The number of carbonyl (C=O) groups is 1. The molecule has 0 atom stereocenters. The standard InChI is InChI=1S/C19H16Cl2N2O3/c1-3-26-11-7-8-16-12(9-11)18(24)13(10-23(16)2)19(25)22-15-6-4-5-14(20)17(15)21/h4-10H,3H2,1-2H3,(H,22,25). The number of nitrogens with zero attached hydrogens (tertiary/aromatic N) is 1. The number of hydrogen-bond donors (Lipinski definition) is 1. The van der Waals surface area contributed by atoms with Gasteiger partial charge >= 0.3 is 0 Å². The molecule has 0 aliphatic rings. The minimum atomic E-state index is -0.557. The average molecular weight is 391 g/mol. The van der Waals surface area contributed by atoms with Crippen LogP contribution in [-0.4, -0.2) is 17.1 Å². The normalized spacial score (nSPS) is 10.8. The van der Waals surface area contributed by atoms with Crippen LogP contribution in [0.15, 0.2) is 47.4 Å². The summed E-state index contributed by atoms with van der Waals surface area (Å²) in [5.74, 6) is 0.0195. The molecule has 134 valence electrons. The van der Waals surface area contributed by atoms with E-state index in [0.29, 0.717) is 34.0 Å². The molecular weight excluding hydrogens is 375 g/mol. The highest BCUT2D eigenvalue weighted by Gasteiger charge is 2.17. The topological polar surface area (TPSA) is 60.3 Å². The molecule has 0 bridgehead atoms. The molecule has 1 N–H and O–H groups in total. The van der Waals surface area contributed by atoms with E-state index in [1.807, 2.05) is 6.92 Å². The first-order chi connectivity index (χ1) is 12.4. The summed E-state index contributed by atoms with van der Waals surface area (Å²) in [6.45, 7) is 2.35. The van der Waals surface area contributed by atoms with Crippen LogP contribution >= 0.6 is 23.2 Å². The van der Waals surface area contributed by atoms with Gasteiger partial charge in [0.05, 0.1) is 33.2 Å². The molecule has 1 heterocycles. The molecule has 0 radical (unpaired) electrons.